The highest BCUT2D eigenvalue weighted by atomic mass is 16.6. The fourth-order valence-electron chi connectivity index (χ4n) is 2.14. The smallest absolute Gasteiger partial charge is 0.416 e. The van der Waals surface area contributed by atoms with Crippen LogP contribution in [0.3, 0.4) is 0 Å². The monoisotopic (exact) mass is 282 g/mol. The summed E-state index contributed by atoms with van der Waals surface area (Å²) < 4.78 is 6.72. The molecule has 1 aliphatic rings. The number of anilines is 1. The van der Waals surface area contributed by atoms with Gasteiger partial charge >= 0.3 is 12.1 Å². The van der Waals surface area contributed by atoms with Gasteiger partial charge in [0.25, 0.3) is 0 Å². The van der Waals surface area contributed by atoms with Gasteiger partial charge in [0.2, 0.25) is 0 Å². The number of nitrogens with zero attached hydrogens (tertiary/aromatic N) is 4. The van der Waals surface area contributed by atoms with E-state index in [1.807, 2.05) is 0 Å². The number of carboxylic acids is 1. The number of ether oxygens (including phenoxy) is 1. The van der Waals surface area contributed by atoms with Crippen LogP contribution < -0.4 is 4.90 Å². The van der Waals surface area contributed by atoms with Crippen LogP contribution in [0.4, 0.5) is 10.6 Å². The minimum absolute atomic E-state index is 0.264. The van der Waals surface area contributed by atoms with Gasteiger partial charge in [-0.05, 0) is 27.2 Å². The summed E-state index contributed by atoms with van der Waals surface area (Å²) in [6, 6.07) is 0. The molecule has 0 radical (unpaired) electrons. The number of carbonyl (C=O) groups is 2. The minimum atomic E-state index is -0.962. The van der Waals surface area contributed by atoms with Gasteiger partial charge in [-0.3, -0.25) is 9.69 Å². The fraction of sp³-hybridized carbons (Fsp3) is 0.667. The molecule has 1 amide bonds. The van der Waals surface area contributed by atoms with E-state index < -0.39 is 23.6 Å². The second-order valence-corrected chi connectivity index (χ2v) is 5.73. The highest BCUT2D eigenvalue weighted by molar-refractivity contribution is 5.90. The van der Waals surface area contributed by atoms with Crippen LogP contribution in [0.25, 0.3) is 0 Å². The second kappa shape index (κ2) is 4.77. The molecule has 0 fully saturated rings. The summed E-state index contributed by atoms with van der Waals surface area (Å²) in [4.78, 5) is 24.8. The molecular weight excluding hydrogens is 264 g/mol. The van der Waals surface area contributed by atoms with E-state index in [1.54, 1.807) is 27.8 Å². The molecule has 1 N–H and O–H groups in total. The van der Waals surface area contributed by atoms with Gasteiger partial charge in [0, 0.05) is 13.6 Å². The third-order valence-electron chi connectivity index (χ3n) is 2.96. The first kappa shape index (κ1) is 14.3. The molecule has 8 nitrogen and oxygen atoms in total. The Morgan fingerprint density at radius 3 is 2.60 bits per heavy atom. The molecular formula is C12H18N4O4. The number of carbonyl (C=O) groups excluding carboxylic acids is 1. The molecule has 0 saturated carbocycles. The van der Waals surface area contributed by atoms with Gasteiger partial charge in [-0.25, -0.2) is 9.48 Å². The summed E-state index contributed by atoms with van der Waals surface area (Å²) in [5, 5.41) is 16.9. The number of rotatable bonds is 1. The Bertz CT molecular complexity index is 546. The standard InChI is InChI=1S/C12H18N4O4/c1-12(2,3)20-11(19)16-6-5-7(10(17)18)8-9(16)15(4)14-13-8/h7H,5-6H2,1-4H3,(H,17,18). The van der Waals surface area contributed by atoms with E-state index in [1.165, 1.54) is 9.58 Å². The number of fused-ring (bicyclic) bond motifs is 1. The fourth-order valence-corrected chi connectivity index (χ4v) is 2.14. The van der Waals surface area contributed by atoms with Crippen LogP contribution in [-0.2, 0) is 16.6 Å². The topological polar surface area (TPSA) is 97.5 Å². The highest BCUT2D eigenvalue weighted by Crippen LogP contribution is 2.34. The molecule has 1 aromatic heterocycles. The SMILES string of the molecule is Cn1nnc2c1N(C(=O)OC(C)(C)C)CCC2C(=O)O. The maximum absolute atomic E-state index is 12.2. The lowest BCUT2D eigenvalue weighted by atomic mass is 9.97. The van der Waals surface area contributed by atoms with Gasteiger partial charge in [-0.2, -0.15) is 0 Å². The van der Waals surface area contributed by atoms with Crippen molar-refractivity contribution in [1.82, 2.24) is 15.0 Å². The molecule has 1 aliphatic heterocycles. The molecule has 0 aromatic carbocycles. The molecule has 110 valence electrons. The van der Waals surface area contributed by atoms with E-state index in [9.17, 15) is 14.7 Å². The molecule has 0 aliphatic carbocycles. The first-order valence-electron chi connectivity index (χ1n) is 6.33. The lowest BCUT2D eigenvalue weighted by molar-refractivity contribution is -0.139. The van der Waals surface area contributed by atoms with Crippen molar-refractivity contribution in [3.8, 4) is 0 Å². The molecule has 0 saturated heterocycles. The number of hydrogen-bond donors (Lipinski definition) is 1. The van der Waals surface area contributed by atoms with Gasteiger partial charge < -0.3 is 9.84 Å². The minimum Gasteiger partial charge on any atom is -0.481 e. The maximum Gasteiger partial charge on any atom is 0.416 e. The summed E-state index contributed by atoms with van der Waals surface area (Å²) in [6.45, 7) is 5.59. The number of hydrogen-bond acceptors (Lipinski definition) is 5. The van der Waals surface area contributed by atoms with Crippen LogP contribution in [0.1, 0.15) is 38.8 Å². The molecule has 0 spiro atoms. The van der Waals surface area contributed by atoms with Crippen molar-refractivity contribution in [2.45, 2.75) is 38.7 Å². The number of aryl methyl sites for hydroxylation is 1. The van der Waals surface area contributed by atoms with Gasteiger partial charge in [0.05, 0.1) is 0 Å². The van der Waals surface area contributed by atoms with Crippen molar-refractivity contribution in [2.24, 2.45) is 7.05 Å². The number of carboxylic acid groups (broad SMARTS) is 1. The van der Waals surface area contributed by atoms with Crippen LogP contribution in [-0.4, -0.2) is 44.3 Å². The maximum atomic E-state index is 12.2. The van der Waals surface area contributed by atoms with E-state index in [-0.39, 0.29) is 6.54 Å². The van der Waals surface area contributed by atoms with Crippen LogP contribution in [0.15, 0.2) is 0 Å². The van der Waals surface area contributed by atoms with Crippen LogP contribution in [0.2, 0.25) is 0 Å². The zero-order valence-electron chi connectivity index (χ0n) is 12.0. The molecule has 8 heteroatoms. The lowest BCUT2D eigenvalue weighted by Gasteiger charge is -2.31. The van der Waals surface area contributed by atoms with Crippen molar-refractivity contribution in [1.29, 1.82) is 0 Å². The Morgan fingerprint density at radius 2 is 2.05 bits per heavy atom. The van der Waals surface area contributed by atoms with E-state index in [2.05, 4.69) is 10.3 Å². The average Bonchev–Trinajstić information content (AvgIpc) is 2.68. The summed E-state index contributed by atoms with van der Waals surface area (Å²) in [5.41, 5.74) is -0.315. The van der Waals surface area contributed by atoms with Crippen LogP contribution in [0, 0.1) is 0 Å². The quantitative estimate of drug-likeness (QED) is 0.829. The van der Waals surface area contributed by atoms with Crippen molar-refractivity contribution in [2.75, 3.05) is 11.4 Å². The van der Waals surface area contributed by atoms with Gasteiger partial charge in [-0.15, -0.1) is 5.10 Å². The average molecular weight is 282 g/mol. The summed E-state index contributed by atoms with van der Waals surface area (Å²) in [5.74, 6) is -1.31. The van der Waals surface area contributed by atoms with Gasteiger partial charge in [0.1, 0.15) is 17.2 Å². The Kier molecular flexibility index (Phi) is 3.41. The molecule has 2 rings (SSSR count). The summed E-state index contributed by atoms with van der Waals surface area (Å²) in [7, 11) is 1.62. The summed E-state index contributed by atoms with van der Waals surface area (Å²) >= 11 is 0. The van der Waals surface area contributed by atoms with E-state index in [4.69, 9.17) is 4.74 Å². The molecule has 0 bridgehead atoms. The van der Waals surface area contributed by atoms with Crippen molar-refractivity contribution in [3.63, 3.8) is 0 Å². The third-order valence-corrected chi connectivity index (χ3v) is 2.96. The normalized spacial score (nSPS) is 18.6. The summed E-state index contributed by atoms with van der Waals surface area (Å²) in [6.07, 6.45) is -0.228. The van der Waals surface area contributed by atoms with Gasteiger partial charge in [0.15, 0.2) is 5.82 Å². The Labute approximate surface area is 116 Å². The zero-order valence-corrected chi connectivity index (χ0v) is 12.0. The van der Waals surface area contributed by atoms with Crippen molar-refractivity contribution < 1.29 is 19.4 Å². The molecule has 1 aromatic rings. The number of aliphatic carboxylic acids is 1. The second-order valence-electron chi connectivity index (χ2n) is 5.73. The lowest BCUT2D eigenvalue weighted by Crippen LogP contribution is -2.42. The number of aromatic nitrogens is 3. The molecule has 20 heavy (non-hydrogen) atoms. The van der Waals surface area contributed by atoms with E-state index in [0.29, 0.717) is 17.9 Å². The molecule has 2 heterocycles. The number of amides is 1. The van der Waals surface area contributed by atoms with Crippen molar-refractivity contribution in [3.05, 3.63) is 5.69 Å². The van der Waals surface area contributed by atoms with Crippen LogP contribution >= 0.6 is 0 Å². The van der Waals surface area contributed by atoms with Crippen LogP contribution in [0.5, 0.6) is 0 Å². The predicted octanol–water partition coefficient (Wildman–Crippen LogP) is 1.13. The highest BCUT2D eigenvalue weighted by Gasteiger charge is 2.38. The predicted molar refractivity (Wildman–Crippen MR) is 69.6 cm³/mol. The van der Waals surface area contributed by atoms with E-state index >= 15 is 0 Å². The first-order chi connectivity index (χ1) is 9.20. The Hall–Kier alpha value is -2.12. The van der Waals surface area contributed by atoms with E-state index in [0.717, 1.165) is 0 Å². The van der Waals surface area contributed by atoms with Gasteiger partial charge in [-0.1, -0.05) is 5.21 Å². The van der Waals surface area contributed by atoms with Crippen molar-refractivity contribution >= 4 is 17.9 Å². The zero-order chi connectivity index (χ0) is 15.1. The first-order valence-corrected chi connectivity index (χ1v) is 6.33. The largest absolute Gasteiger partial charge is 0.481 e. The third kappa shape index (κ3) is 2.59. The Balaban J connectivity index is 2.34. The Morgan fingerprint density at radius 1 is 1.40 bits per heavy atom. The molecule has 1 unspecified atom stereocenters. The molecule has 1 atom stereocenters.